The van der Waals surface area contributed by atoms with Crippen LogP contribution in [0.4, 0.5) is 5.69 Å². The van der Waals surface area contributed by atoms with E-state index in [0.717, 1.165) is 0 Å². The maximum Gasteiger partial charge on any atom is 0.142 e. The minimum Gasteiger partial charge on any atom is -0.489 e. The molecule has 1 aromatic carbocycles. The summed E-state index contributed by atoms with van der Waals surface area (Å²) in [5, 5.41) is 17.5. The summed E-state index contributed by atoms with van der Waals surface area (Å²) in [5.41, 5.74) is 6.10. The average Bonchev–Trinajstić information content (AvgIpc) is 2.16. The van der Waals surface area contributed by atoms with Crippen molar-refractivity contribution in [3.63, 3.8) is 0 Å². The van der Waals surface area contributed by atoms with Crippen LogP contribution in [0.1, 0.15) is 0 Å². The first-order valence-electron chi connectivity index (χ1n) is 4.00. The number of aliphatic hydroxyl groups is 2. The lowest BCUT2D eigenvalue weighted by molar-refractivity contribution is 0.0538. The van der Waals surface area contributed by atoms with E-state index in [1.165, 1.54) is 0 Å². The second-order valence-corrected chi connectivity index (χ2v) is 2.69. The highest BCUT2D eigenvalue weighted by atomic mass is 16.5. The Hall–Kier alpha value is -1.26. The van der Waals surface area contributed by atoms with E-state index in [4.69, 9.17) is 20.7 Å². The summed E-state index contributed by atoms with van der Waals surface area (Å²) in [6, 6.07) is 7.00. The highest BCUT2D eigenvalue weighted by Gasteiger charge is 2.04. The van der Waals surface area contributed by atoms with Gasteiger partial charge in [0.15, 0.2) is 0 Å². The van der Waals surface area contributed by atoms with Crippen molar-refractivity contribution in [2.75, 3.05) is 18.9 Å². The van der Waals surface area contributed by atoms with Gasteiger partial charge in [0.1, 0.15) is 18.5 Å². The van der Waals surface area contributed by atoms with Gasteiger partial charge in [-0.25, -0.2) is 0 Å². The van der Waals surface area contributed by atoms with Crippen LogP contribution in [0.15, 0.2) is 24.3 Å². The largest absolute Gasteiger partial charge is 0.489 e. The van der Waals surface area contributed by atoms with Gasteiger partial charge in [-0.05, 0) is 12.1 Å². The SMILES string of the molecule is Nc1ccccc1OCC(O)CO. The molecule has 0 aliphatic rings. The quantitative estimate of drug-likeness (QED) is 0.574. The maximum absolute atomic E-state index is 8.99. The summed E-state index contributed by atoms with van der Waals surface area (Å²) in [6.45, 7) is -0.266. The van der Waals surface area contributed by atoms with Gasteiger partial charge in [0.05, 0.1) is 12.3 Å². The molecule has 0 spiro atoms. The fraction of sp³-hybridized carbons (Fsp3) is 0.333. The molecule has 0 aliphatic carbocycles. The van der Waals surface area contributed by atoms with Crippen molar-refractivity contribution in [1.82, 2.24) is 0 Å². The van der Waals surface area contributed by atoms with E-state index in [1.807, 2.05) is 0 Å². The average molecular weight is 183 g/mol. The monoisotopic (exact) mass is 183 g/mol. The van der Waals surface area contributed by atoms with Crippen LogP contribution >= 0.6 is 0 Å². The normalized spacial score (nSPS) is 12.5. The predicted octanol–water partition coefficient (Wildman–Crippen LogP) is 0.000800. The molecule has 0 bridgehead atoms. The number of rotatable bonds is 4. The molecule has 0 amide bonds. The number of benzene rings is 1. The molecule has 4 nitrogen and oxygen atoms in total. The van der Waals surface area contributed by atoms with Crippen molar-refractivity contribution < 1.29 is 14.9 Å². The first-order chi connectivity index (χ1) is 6.24. The van der Waals surface area contributed by atoms with Crippen molar-refractivity contribution in [3.8, 4) is 5.75 Å². The lowest BCUT2D eigenvalue weighted by Gasteiger charge is -2.10. The van der Waals surface area contributed by atoms with Gasteiger partial charge in [0.2, 0.25) is 0 Å². The van der Waals surface area contributed by atoms with Gasteiger partial charge in [-0.15, -0.1) is 0 Å². The van der Waals surface area contributed by atoms with Crippen molar-refractivity contribution >= 4 is 5.69 Å². The molecule has 0 saturated heterocycles. The van der Waals surface area contributed by atoms with Gasteiger partial charge < -0.3 is 20.7 Å². The number of anilines is 1. The summed E-state index contributed by atoms with van der Waals surface area (Å²) >= 11 is 0. The lowest BCUT2D eigenvalue weighted by Crippen LogP contribution is -2.21. The van der Waals surface area contributed by atoms with Gasteiger partial charge in [-0.3, -0.25) is 0 Å². The van der Waals surface area contributed by atoms with Crippen LogP contribution in [0, 0.1) is 0 Å². The fourth-order valence-electron chi connectivity index (χ4n) is 0.851. The Bertz CT molecular complexity index is 265. The third-order valence-corrected chi connectivity index (χ3v) is 1.56. The summed E-state index contributed by atoms with van der Waals surface area (Å²) < 4.78 is 5.15. The topological polar surface area (TPSA) is 75.7 Å². The van der Waals surface area contributed by atoms with Crippen LogP contribution in [-0.2, 0) is 0 Å². The van der Waals surface area contributed by atoms with Crippen LogP contribution in [0.3, 0.4) is 0 Å². The predicted molar refractivity (Wildman–Crippen MR) is 49.4 cm³/mol. The van der Waals surface area contributed by atoms with Crippen molar-refractivity contribution in [2.45, 2.75) is 6.10 Å². The molecule has 72 valence electrons. The van der Waals surface area contributed by atoms with Crippen molar-refractivity contribution in [2.24, 2.45) is 0 Å². The second-order valence-electron chi connectivity index (χ2n) is 2.69. The molecule has 1 rings (SSSR count). The van der Waals surface area contributed by atoms with Gasteiger partial charge in [0.25, 0.3) is 0 Å². The van der Waals surface area contributed by atoms with E-state index in [9.17, 15) is 0 Å². The van der Waals surface area contributed by atoms with Crippen LogP contribution in [-0.4, -0.2) is 29.5 Å². The summed E-state index contributed by atoms with van der Waals surface area (Å²) in [4.78, 5) is 0. The third kappa shape index (κ3) is 2.93. The number of nitrogen functional groups attached to an aromatic ring is 1. The molecular weight excluding hydrogens is 170 g/mol. The Kier molecular flexibility index (Phi) is 3.54. The number of hydrogen-bond donors (Lipinski definition) is 3. The molecule has 4 heteroatoms. The second kappa shape index (κ2) is 4.69. The molecule has 0 heterocycles. The zero-order valence-corrected chi connectivity index (χ0v) is 7.18. The summed E-state index contributed by atoms with van der Waals surface area (Å²) in [6.07, 6.45) is -0.861. The van der Waals surface area contributed by atoms with E-state index in [2.05, 4.69) is 0 Å². The Morgan fingerprint density at radius 1 is 1.38 bits per heavy atom. The van der Waals surface area contributed by atoms with Crippen LogP contribution in [0.5, 0.6) is 5.75 Å². The zero-order valence-electron chi connectivity index (χ0n) is 7.18. The molecule has 1 atom stereocenters. The molecule has 1 unspecified atom stereocenters. The number of ether oxygens (including phenoxy) is 1. The molecular formula is C9H13NO3. The standard InChI is InChI=1S/C9H13NO3/c10-8-3-1-2-4-9(8)13-6-7(12)5-11/h1-4,7,11-12H,5-6,10H2. The number of aliphatic hydroxyl groups excluding tert-OH is 2. The van der Waals surface area contributed by atoms with E-state index >= 15 is 0 Å². The minimum absolute atomic E-state index is 0.0463. The van der Waals surface area contributed by atoms with E-state index < -0.39 is 6.10 Å². The molecule has 13 heavy (non-hydrogen) atoms. The smallest absolute Gasteiger partial charge is 0.142 e. The van der Waals surface area contributed by atoms with Gasteiger partial charge >= 0.3 is 0 Å². The van der Waals surface area contributed by atoms with Crippen molar-refractivity contribution in [1.29, 1.82) is 0 Å². The van der Waals surface area contributed by atoms with E-state index in [-0.39, 0.29) is 13.2 Å². The maximum atomic E-state index is 8.99. The Balaban J connectivity index is 2.50. The van der Waals surface area contributed by atoms with E-state index in [0.29, 0.717) is 11.4 Å². The first-order valence-corrected chi connectivity index (χ1v) is 4.00. The number of hydrogen-bond acceptors (Lipinski definition) is 4. The fourth-order valence-corrected chi connectivity index (χ4v) is 0.851. The molecule has 0 aromatic heterocycles. The van der Waals surface area contributed by atoms with Crippen LogP contribution in [0.25, 0.3) is 0 Å². The molecule has 0 fully saturated rings. The van der Waals surface area contributed by atoms with E-state index in [1.54, 1.807) is 24.3 Å². The van der Waals surface area contributed by atoms with Gasteiger partial charge in [-0.2, -0.15) is 0 Å². The third-order valence-electron chi connectivity index (χ3n) is 1.56. The highest BCUT2D eigenvalue weighted by molar-refractivity contribution is 5.51. The highest BCUT2D eigenvalue weighted by Crippen LogP contribution is 2.19. The Morgan fingerprint density at radius 3 is 2.69 bits per heavy atom. The molecule has 0 aliphatic heterocycles. The van der Waals surface area contributed by atoms with Crippen molar-refractivity contribution in [3.05, 3.63) is 24.3 Å². The number of nitrogens with two attached hydrogens (primary N) is 1. The summed E-state index contributed by atoms with van der Waals surface area (Å²) in [5.74, 6) is 0.523. The molecule has 0 saturated carbocycles. The lowest BCUT2D eigenvalue weighted by atomic mass is 10.3. The molecule has 1 aromatic rings. The number of para-hydroxylation sites is 2. The first kappa shape index (κ1) is 9.83. The Labute approximate surface area is 76.6 Å². The molecule has 0 radical (unpaired) electrons. The minimum atomic E-state index is -0.861. The van der Waals surface area contributed by atoms with Gasteiger partial charge in [-0.1, -0.05) is 12.1 Å². The summed E-state index contributed by atoms with van der Waals surface area (Å²) in [7, 11) is 0. The van der Waals surface area contributed by atoms with Gasteiger partial charge in [0, 0.05) is 0 Å². The van der Waals surface area contributed by atoms with Crippen LogP contribution in [0.2, 0.25) is 0 Å². The van der Waals surface area contributed by atoms with Crippen LogP contribution < -0.4 is 10.5 Å². The zero-order chi connectivity index (χ0) is 9.68. The Morgan fingerprint density at radius 2 is 2.08 bits per heavy atom. The molecule has 4 N–H and O–H groups in total.